The molecule has 2 rings (SSSR count). The van der Waals surface area contributed by atoms with E-state index in [1.54, 1.807) is 19.1 Å². The van der Waals surface area contributed by atoms with Crippen LogP contribution in [0, 0.1) is 6.92 Å². The van der Waals surface area contributed by atoms with Crippen molar-refractivity contribution in [2.45, 2.75) is 26.2 Å². The molecule has 104 valence electrons. The van der Waals surface area contributed by atoms with E-state index in [9.17, 15) is 13.8 Å². The first-order valence-corrected chi connectivity index (χ1v) is 7.51. The summed E-state index contributed by atoms with van der Waals surface area (Å²) in [4.78, 5) is 25.2. The van der Waals surface area contributed by atoms with Gasteiger partial charge in [0, 0.05) is 28.3 Å². The van der Waals surface area contributed by atoms with Gasteiger partial charge in [0.15, 0.2) is 6.23 Å². The van der Waals surface area contributed by atoms with Crippen LogP contribution in [-0.4, -0.2) is 31.4 Å². The quantitative estimate of drug-likeness (QED) is 0.793. The van der Waals surface area contributed by atoms with Crippen molar-refractivity contribution >= 4 is 10.8 Å². The van der Waals surface area contributed by atoms with Crippen molar-refractivity contribution in [2.24, 2.45) is 0 Å². The summed E-state index contributed by atoms with van der Waals surface area (Å²) in [6, 6.07) is 0. The van der Waals surface area contributed by atoms with E-state index in [0.717, 1.165) is 0 Å². The average Bonchev–Trinajstić information content (AvgIpc) is 2.82. The Morgan fingerprint density at radius 1 is 1.42 bits per heavy atom. The number of hydrogen-bond donors (Lipinski definition) is 1. The molecule has 0 radical (unpaired) electrons. The Balaban J connectivity index is 2.16. The van der Waals surface area contributed by atoms with Gasteiger partial charge in [-0.3, -0.25) is 18.6 Å². The van der Waals surface area contributed by atoms with Gasteiger partial charge < -0.3 is 4.74 Å². The molecule has 1 aliphatic heterocycles. The lowest BCUT2D eigenvalue weighted by Crippen LogP contribution is -2.33. The SMILES string of the molecule is CCS(=O)C[C@@H]1C=C[C@H](n2cc(C)c(=O)[nH]c2=O)O1. The van der Waals surface area contributed by atoms with Gasteiger partial charge in [0.1, 0.15) is 0 Å². The summed E-state index contributed by atoms with van der Waals surface area (Å²) in [5.74, 6) is 0.997. The molecule has 1 aliphatic rings. The molecule has 1 aromatic heterocycles. The van der Waals surface area contributed by atoms with E-state index >= 15 is 0 Å². The smallest absolute Gasteiger partial charge is 0.330 e. The van der Waals surface area contributed by atoms with Gasteiger partial charge in [-0.1, -0.05) is 13.0 Å². The largest absolute Gasteiger partial charge is 0.346 e. The molecule has 0 aliphatic carbocycles. The number of aryl methyl sites for hydroxylation is 1. The molecule has 1 unspecified atom stereocenters. The Hall–Kier alpha value is -1.47. The number of aromatic amines is 1. The molecule has 0 saturated carbocycles. The lowest BCUT2D eigenvalue weighted by molar-refractivity contribution is 0.0262. The molecular weight excluding hydrogens is 268 g/mol. The fourth-order valence-corrected chi connectivity index (χ4v) is 2.61. The highest BCUT2D eigenvalue weighted by molar-refractivity contribution is 7.84. The minimum atomic E-state index is -0.923. The lowest BCUT2D eigenvalue weighted by Gasteiger charge is -2.16. The van der Waals surface area contributed by atoms with Crippen LogP contribution >= 0.6 is 0 Å². The number of nitrogens with zero attached hydrogens (tertiary/aromatic N) is 1. The zero-order chi connectivity index (χ0) is 14.0. The number of nitrogens with one attached hydrogen (secondary N) is 1. The fraction of sp³-hybridized carbons (Fsp3) is 0.500. The number of rotatable bonds is 4. The van der Waals surface area contributed by atoms with Gasteiger partial charge in [-0.15, -0.1) is 0 Å². The summed E-state index contributed by atoms with van der Waals surface area (Å²) < 4.78 is 18.4. The Morgan fingerprint density at radius 2 is 2.16 bits per heavy atom. The van der Waals surface area contributed by atoms with Crippen molar-refractivity contribution in [3.05, 3.63) is 44.8 Å². The summed E-state index contributed by atoms with van der Waals surface area (Å²) >= 11 is 0. The summed E-state index contributed by atoms with van der Waals surface area (Å²) in [5, 5.41) is 0. The standard InChI is InChI=1S/C12H16N2O4S/c1-3-19(17)7-9-4-5-10(18-9)14-6-8(2)11(15)13-12(14)16/h4-6,9-10H,3,7H2,1-2H3,(H,13,15,16)/t9-,10+,19?/m0/s1. The number of aromatic nitrogens is 2. The Labute approximate surface area is 112 Å². The van der Waals surface area contributed by atoms with Crippen LogP contribution in [0.4, 0.5) is 0 Å². The van der Waals surface area contributed by atoms with Crippen molar-refractivity contribution in [1.29, 1.82) is 0 Å². The van der Waals surface area contributed by atoms with Crippen LogP contribution in [0.2, 0.25) is 0 Å². The molecule has 3 atom stereocenters. The van der Waals surface area contributed by atoms with E-state index < -0.39 is 28.3 Å². The van der Waals surface area contributed by atoms with E-state index in [1.165, 1.54) is 10.8 Å². The second-order valence-corrected chi connectivity index (χ2v) is 6.11. The first-order chi connectivity index (χ1) is 9.01. The maximum atomic E-state index is 11.7. The maximum absolute atomic E-state index is 11.7. The third-order valence-corrected chi connectivity index (χ3v) is 4.24. The van der Waals surface area contributed by atoms with Gasteiger partial charge in [0.2, 0.25) is 0 Å². The first-order valence-electron chi connectivity index (χ1n) is 6.02. The monoisotopic (exact) mass is 284 g/mol. The minimum Gasteiger partial charge on any atom is -0.346 e. The Bertz CT molecular complexity index is 631. The third-order valence-electron chi connectivity index (χ3n) is 2.90. The highest BCUT2D eigenvalue weighted by Crippen LogP contribution is 2.20. The number of hydrogen-bond acceptors (Lipinski definition) is 4. The van der Waals surface area contributed by atoms with Crippen LogP contribution in [0.3, 0.4) is 0 Å². The molecule has 1 aromatic rings. The van der Waals surface area contributed by atoms with Crippen LogP contribution in [-0.2, 0) is 15.5 Å². The van der Waals surface area contributed by atoms with Gasteiger partial charge in [0.25, 0.3) is 5.56 Å². The van der Waals surface area contributed by atoms with E-state index in [2.05, 4.69) is 4.98 Å². The third kappa shape index (κ3) is 3.10. The molecule has 2 heterocycles. The highest BCUT2D eigenvalue weighted by atomic mass is 32.2. The van der Waals surface area contributed by atoms with Crippen LogP contribution < -0.4 is 11.2 Å². The minimum absolute atomic E-state index is 0.259. The van der Waals surface area contributed by atoms with E-state index in [1.807, 2.05) is 6.92 Å². The molecule has 0 bridgehead atoms. The van der Waals surface area contributed by atoms with Crippen LogP contribution in [0.15, 0.2) is 27.9 Å². The van der Waals surface area contributed by atoms with E-state index in [4.69, 9.17) is 4.74 Å². The van der Waals surface area contributed by atoms with Crippen LogP contribution in [0.1, 0.15) is 18.7 Å². The fourth-order valence-electron chi connectivity index (χ4n) is 1.82. The van der Waals surface area contributed by atoms with E-state index in [-0.39, 0.29) is 6.10 Å². The molecular formula is C12H16N2O4S. The van der Waals surface area contributed by atoms with Crippen molar-refractivity contribution in [2.75, 3.05) is 11.5 Å². The van der Waals surface area contributed by atoms with Crippen molar-refractivity contribution in [1.82, 2.24) is 9.55 Å². The van der Waals surface area contributed by atoms with Crippen molar-refractivity contribution in [3.63, 3.8) is 0 Å². The van der Waals surface area contributed by atoms with Crippen LogP contribution in [0.5, 0.6) is 0 Å². The molecule has 19 heavy (non-hydrogen) atoms. The first kappa shape index (κ1) is 14.0. The molecule has 0 amide bonds. The van der Waals surface area contributed by atoms with Gasteiger partial charge in [-0.05, 0) is 13.0 Å². The second kappa shape index (κ2) is 5.66. The average molecular weight is 284 g/mol. The van der Waals surface area contributed by atoms with Crippen molar-refractivity contribution in [3.8, 4) is 0 Å². The molecule has 0 spiro atoms. The molecule has 0 fully saturated rings. The summed E-state index contributed by atoms with van der Waals surface area (Å²) in [5.41, 5.74) is -0.466. The highest BCUT2D eigenvalue weighted by Gasteiger charge is 2.23. The predicted molar refractivity (Wildman–Crippen MR) is 72.7 cm³/mol. The molecule has 0 aromatic carbocycles. The van der Waals surface area contributed by atoms with Crippen molar-refractivity contribution < 1.29 is 8.95 Å². The van der Waals surface area contributed by atoms with Gasteiger partial charge in [-0.25, -0.2) is 4.79 Å². The summed E-state index contributed by atoms with van der Waals surface area (Å²) in [7, 11) is -0.923. The number of H-pyrrole nitrogens is 1. The second-order valence-electron chi connectivity index (χ2n) is 4.32. The Morgan fingerprint density at radius 3 is 2.84 bits per heavy atom. The predicted octanol–water partition coefficient (Wildman–Crippen LogP) is 0.0672. The normalized spacial score (nSPS) is 23.7. The van der Waals surface area contributed by atoms with Gasteiger partial charge in [0.05, 0.1) is 11.9 Å². The molecule has 6 nitrogen and oxygen atoms in total. The molecule has 7 heteroatoms. The zero-order valence-corrected chi connectivity index (χ0v) is 11.6. The number of ether oxygens (including phenoxy) is 1. The lowest BCUT2D eigenvalue weighted by atomic mass is 10.3. The zero-order valence-electron chi connectivity index (χ0n) is 10.8. The maximum Gasteiger partial charge on any atom is 0.330 e. The summed E-state index contributed by atoms with van der Waals surface area (Å²) in [6.45, 7) is 3.47. The van der Waals surface area contributed by atoms with Gasteiger partial charge >= 0.3 is 5.69 Å². The van der Waals surface area contributed by atoms with Crippen LogP contribution in [0.25, 0.3) is 0 Å². The topological polar surface area (TPSA) is 81.2 Å². The molecule has 0 saturated heterocycles. The van der Waals surface area contributed by atoms with Gasteiger partial charge in [-0.2, -0.15) is 0 Å². The Kier molecular flexibility index (Phi) is 4.16. The molecule has 1 N–H and O–H groups in total. The van der Waals surface area contributed by atoms with E-state index in [0.29, 0.717) is 17.1 Å². The summed E-state index contributed by atoms with van der Waals surface area (Å²) in [6.07, 6.45) is 4.18.